The Morgan fingerprint density at radius 2 is 2.00 bits per heavy atom. The molecule has 0 aliphatic heterocycles. The van der Waals surface area contributed by atoms with Gasteiger partial charge in [-0.25, -0.2) is 0 Å². The average molecular weight is 327 g/mol. The molecule has 0 bridgehead atoms. The van der Waals surface area contributed by atoms with Crippen molar-refractivity contribution in [1.82, 2.24) is 5.32 Å². The minimum atomic E-state index is -0.234. The van der Waals surface area contributed by atoms with Gasteiger partial charge in [0.25, 0.3) is 0 Å². The molecule has 1 rings (SSSR count). The van der Waals surface area contributed by atoms with Crippen molar-refractivity contribution >= 4 is 35.4 Å². The minimum absolute atomic E-state index is 0.00530. The fraction of sp³-hybridized carbons (Fsp3) is 0.467. The molecule has 1 atom stereocenters. The number of hydrogen-bond acceptors (Lipinski definition) is 5. The van der Waals surface area contributed by atoms with Crippen molar-refractivity contribution in [3.8, 4) is 0 Å². The Labute approximate surface area is 134 Å². The first-order valence-corrected chi connectivity index (χ1v) is 8.87. The van der Waals surface area contributed by atoms with Crippen LogP contribution in [0.4, 0.5) is 0 Å². The van der Waals surface area contributed by atoms with E-state index in [1.54, 1.807) is 18.7 Å². The topological polar surface area (TPSA) is 55.4 Å². The highest BCUT2D eigenvalue weighted by molar-refractivity contribution is 8.00. The molecule has 0 saturated heterocycles. The van der Waals surface area contributed by atoms with Crippen LogP contribution in [0.3, 0.4) is 0 Å². The second-order valence-corrected chi connectivity index (χ2v) is 6.65. The van der Waals surface area contributed by atoms with Gasteiger partial charge in [-0.3, -0.25) is 9.59 Å². The quantitative estimate of drug-likeness (QED) is 0.429. The molecule has 1 amide bonds. The molecule has 0 heterocycles. The molecule has 6 heteroatoms. The summed E-state index contributed by atoms with van der Waals surface area (Å²) in [4.78, 5) is 24.0. The predicted molar refractivity (Wildman–Crippen MR) is 88.7 cm³/mol. The van der Waals surface area contributed by atoms with E-state index in [2.05, 4.69) is 22.2 Å². The first-order chi connectivity index (χ1) is 10.1. The molecule has 0 fully saturated rings. The van der Waals surface area contributed by atoms with Gasteiger partial charge in [0.15, 0.2) is 0 Å². The number of ether oxygens (including phenoxy) is 1. The van der Waals surface area contributed by atoms with E-state index in [1.165, 1.54) is 23.8 Å². The second-order valence-electron chi connectivity index (χ2n) is 4.45. The lowest BCUT2D eigenvalue weighted by atomic mass is 10.2. The van der Waals surface area contributed by atoms with Crippen LogP contribution in [-0.4, -0.2) is 42.8 Å². The summed E-state index contributed by atoms with van der Waals surface area (Å²) in [7, 11) is 1.38. The van der Waals surface area contributed by atoms with E-state index in [9.17, 15) is 9.59 Å². The fourth-order valence-corrected chi connectivity index (χ4v) is 3.21. The summed E-state index contributed by atoms with van der Waals surface area (Å²) < 4.78 is 4.64. The van der Waals surface area contributed by atoms with E-state index in [4.69, 9.17) is 0 Å². The number of esters is 1. The summed E-state index contributed by atoms with van der Waals surface area (Å²) in [6, 6.07) is 10.1. The summed E-state index contributed by atoms with van der Waals surface area (Å²) >= 11 is 3.16. The molecule has 1 N–H and O–H groups in total. The molecule has 0 spiro atoms. The molecule has 1 aromatic rings. The van der Waals surface area contributed by atoms with Gasteiger partial charge in [-0.1, -0.05) is 25.1 Å². The SMILES string of the molecule is COC(=O)C(C)CSCC(=O)NCCSc1ccccc1. The maximum absolute atomic E-state index is 11.6. The maximum Gasteiger partial charge on any atom is 0.309 e. The first-order valence-electron chi connectivity index (χ1n) is 6.73. The Hall–Kier alpha value is -1.14. The molecule has 0 aromatic heterocycles. The molecule has 0 radical (unpaired) electrons. The van der Waals surface area contributed by atoms with Crippen LogP contribution in [0, 0.1) is 5.92 Å². The van der Waals surface area contributed by atoms with Gasteiger partial charge in [-0.15, -0.1) is 11.8 Å². The summed E-state index contributed by atoms with van der Waals surface area (Å²) in [6.07, 6.45) is 0. The molecule has 21 heavy (non-hydrogen) atoms. The van der Waals surface area contributed by atoms with Crippen molar-refractivity contribution in [2.75, 3.05) is 30.9 Å². The molecule has 116 valence electrons. The molecular weight excluding hydrogens is 306 g/mol. The summed E-state index contributed by atoms with van der Waals surface area (Å²) in [5.41, 5.74) is 0. The highest BCUT2D eigenvalue weighted by Crippen LogP contribution is 2.15. The number of methoxy groups -OCH3 is 1. The normalized spacial score (nSPS) is 11.7. The molecule has 0 aliphatic rings. The molecule has 0 aliphatic carbocycles. The van der Waals surface area contributed by atoms with E-state index in [1.807, 2.05) is 18.2 Å². The molecular formula is C15H21NO3S2. The van der Waals surface area contributed by atoms with Crippen molar-refractivity contribution < 1.29 is 14.3 Å². The van der Waals surface area contributed by atoms with E-state index in [0.717, 1.165) is 5.75 Å². The van der Waals surface area contributed by atoms with Gasteiger partial charge in [0, 0.05) is 22.9 Å². The largest absolute Gasteiger partial charge is 0.469 e. The van der Waals surface area contributed by atoms with E-state index in [-0.39, 0.29) is 17.8 Å². The monoisotopic (exact) mass is 327 g/mol. The van der Waals surface area contributed by atoms with Crippen molar-refractivity contribution in [3.05, 3.63) is 30.3 Å². The number of hydrogen-bond donors (Lipinski definition) is 1. The lowest BCUT2D eigenvalue weighted by Crippen LogP contribution is -2.28. The number of carbonyl (C=O) groups is 2. The second kappa shape index (κ2) is 10.6. The van der Waals surface area contributed by atoms with Gasteiger partial charge in [-0.05, 0) is 12.1 Å². The number of amides is 1. The zero-order chi connectivity index (χ0) is 15.5. The van der Waals surface area contributed by atoms with Crippen LogP contribution >= 0.6 is 23.5 Å². The van der Waals surface area contributed by atoms with Gasteiger partial charge in [0.05, 0.1) is 18.8 Å². The maximum atomic E-state index is 11.6. The smallest absolute Gasteiger partial charge is 0.309 e. The van der Waals surface area contributed by atoms with Crippen LogP contribution in [0.1, 0.15) is 6.92 Å². The highest BCUT2D eigenvalue weighted by atomic mass is 32.2. The van der Waals surface area contributed by atoms with Crippen molar-refractivity contribution in [1.29, 1.82) is 0 Å². The fourth-order valence-electron chi connectivity index (χ4n) is 1.52. The standard InChI is InChI=1S/C15H21NO3S2/c1-12(15(18)19-2)10-20-11-14(17)16-8-9-21-13-6-4-3-5-7-13/h3-7,12H,8-11H2,1-2H3,(H,16,17). The number of carbonyl (C=O) groups excluding carboxylic acids is 2. The number of nitrogens with one attached hydrogen (secondary N) is 1. The third-order valence-electron chi connectivity index (χ3n) is 2.64. The van der Waals surface area contributed by atoms with Crippen molar-refractivity contribution in [3.63, 3.8) is 0 Å². The molecule has 0 saturated carbocycles. The van der Waals surface area contributed by atoms with Crippen molar-refractivity contribution in [2.24, 2.45) is 5.92 Å². The Morgan fingerprint density at radius 3 is 2.67 bits per heavy atom. The number of benzene rings is 1. The molecule has 1 unspecified atom stereocenters. The number of thioether (sulfide) groups is 2. The third kappa shape index (κ3) is 8.02. The minimum Gasteiger partial charge on any atom is -0.469 e. The number of rotatable bonds is 9. The predicted octanol–water partition coefficient (Wildman–Crippen LogP) is 2.44. The molecule has 1 aromatic carbocycles. The van der Waals surface area contributed by atoms with Crippen molar-refractivity contribution in [2.45, 2.75) is 11.8 Å². The average Bonchev–Trinajstić information content (AvgIpc) is 2.51. The van der Waals surface area contributed by atoms with E-state index >= 15 is 0 Å². The summed E-state index contributed by atoms with van der Waals surface area (Å²) in [6.45, 7) is 2.44. The zero-order valence-corrected chi connectivity index (χ0v) is 14.0. The van der Waals surface area contributed by atoms with Crippen LogP contribution in [0.2, 0.25) is 0 Å². The molecule has 4 nitrogen and oxygen atoms in total. The Kier molecular flexibility index (Phi) is 9.01. The van der Waals surface area contributed by atoms with Crippen LogP contribution < -0.4 is 5.32 Å². The van der Waals surface area contributed by atoms with Crippen LogP contribution in [0.5, 0.6) is 0 Å². The van der Waals surface area contributed by atoms with E-state index in [0.29, 0.717) is 18.1 Å². The lowest BCUT2D eigenvalue weighted by Gasteiger charge is -2.08. The highest BCUT2D eigenvalue weighted by Gasteiger charge is 2.13. The summed E-state index contributed by atoms with van der Waals surface area (Å²) in [5, 5.41) is 2.87. The zero-order valence-electron chi connectivity index (χ0n) is 12.3. The van der Waals surface area contributed by atoms with E-state index < -0.39 is 0 Å². The van der Waals surface area contributed by atoms with Gasteiger partial charge in [0.1, 0.15) is 0 Å². The van der Waals surface area contributed by atoms with Crippen LogP contribution in [0.25, 0.3) is 0 Å². The Bertz CT molecular complexity index is 440. The van der Waals surface area contributed by atoms with Crippen LogP contribution in [0.15, 0.2) is 35.2 Å². The Balaban J connectivity index is 2.05. The lowest BCUT2D eigenvalue weighted by molar-refractivity contribution is -0.144. The van der Waals surface area contributed by atoms with Gasteiger partial charge in [0.2, 0.25) is 5.91 Å². The van der Waals surface area contributed by atoms with Gasteiger partial charge in [-0.2, -0.15) is 11.8 Å². The van der Waals surface area contributed by atoms with Gasteiger partial charge < -0.3 is 10.1 Å². The van der Waals surface area contributed by atoms with Crippen LogP contribution in [-0.2, 0) is 14.3 Å². The van der Waals surface area contributed by atoms with Gasteiger partial charge >= 0.3 is 5.97 Å². The summed E-state index contributed by atoms with van der Waals surface area (Å²) in [5.74, 6) is 1.41. The third-order valence-corrected chi connectivity index (χ3v) is 4.86. The first kappa shape index (κ1) is 17.9. The Morgan fingerprint density at radius 1 is 1.29 bits per heavy atom.